The minimum absolute atomic E-state index is 0. The molecule has 1 aromatic heterocycles. The zero-order valence-corrected chi connectivity index (χ0v) is 33.5. The van der Waals surface area contributed by atoms with Gasteiger partial charge in [-0.15, -0.1) is 24.8 Å². The fourth-order valence-corrected chi connectivity index (χ4v) is 6.60. The molecule has 1 atom stereocenters. The summed E-state index contributed by atoms with van der Waals surface area (Å²) in [6, 6.07) is 12.5. The molecule has 0 bridgehead atoms. The van der Waals surface area contributed by atoms with Crippen molar-refractivity contribution in [3.8, 4) is 28.7 Å². The van der Waals surface area contributed by atoms with Gasteiger partial charge in [0.25, 0.3) is 0 Å². The Bertz CT molecular complexity index is 1950. The van der Waals surface area contributed by atoms with Crippen LogP contribution in [-0.4, -0.2) is 103 Å². The van der Waals surface area contributed by atoms with Crippen molar-refractivity contribution in [3.63, 3.8) is 0 Å². The van der Waals surface area contributed by atoms with Crippen LogP contribution in [0.25, 0.3) is 11.0 Å². The molecule has 2 heterocycles. The molecule has 54 heavy (non-hydrogen) atoms. The number of rotatable bonds is 14. The van der Waals surface area contributed by atoms with Gasteiger partial charge in [0.05, 0.1) is 47.7 Å². The molecule has 0 saturated carbocycles. The number of fused-ring (bicyclic) bond motifs is 1. The molecule has 4 aromatic rings. The van der Waals surface area contributed by atoms with E-state index in [0.717, 1.165) is 16.8 Å². The summed E-state index contributed by atoms with van der Waals surface area (Å²) in [5.41, 5.74) is 3.83. The highest BCUT2D eigenvalue weighted by Crippen LogP contribution is 2.39. The molecule has 0 radical (unpaired) electrons. The maximum absolute atomic E-state index is 13.8. The first-order valence-corrected chi connectivity index (χ1v) is 17.0. The molecule has 3 aromatic carbocycles. The number of ether oxygens (including phenoxy) is 6. The van der Waals surface area contributed by atoms with Gasteiger partial charge in [-0.05, 0) is 61.7 Å². The summed E-state index contributed by atoms with van der Waals surface area (Å²) in [6.45, 7) is 8.88. The Hall–Kier alpha value is -4.69. The van der Waals surface area contributed by atoms with E-state index in [2.05, 4.69) is 15.1 Å². The molecular weight excluding hydrogens is 741 g/mol. The smallest absolute Gasteiger partial charge is 0.339 e. The number of piperazine rings is 1. The van der Waals surface area contributed by atoms with E-state index in [1.54, 1.807) is 6.07 Å². The van der Waals surface area contributed by atoms with Crippen LogP contribution < -0.4 is 34.6 Å². The van der Waals surface area contributed by atoms with Crippen LogP contribution in [0.15, 0.2) is 51.7 Å². The monoisotopic (exact) mass is 789 g/mol. The summed E-state index contributed by atoms with van der Waals surface area (Å²) >= 11 is 0. The molecule has 0 aliphatic carbocycles. The quantitative estimate of drug-likeness (QED) is 0.125. The lowest BCUT2D eigenvalue weighted by Gasteiger charge is -2.36. The Morgan fingerprint density at radius 3 is 1.91 bits per heavy atom. The molecule has 1 saturated heterocycles. The summed E-state index contributed by atoms with van der Waals surface area (Å²) in [6.07, 6.45) is -0.655. The van der Waals surface area contributed by atoms with Gasteiger partial charge in [0.2, 0.25) is 17.4 Å². The number of nitrogens with zero attached hydrogens (tertiary/aromatic N) is 2. The van der Waals surface area contributed by atoms with Gasteiger partial charge in [-0.2, -0.15) is 0 Å². The molecule has 1 N–H and O–H groups in total. The van der Waals surface area contributed by atoms with Crippen LogP contribution in [0.2, 0.25) is 0 Å². The molecule has 5 rings (SSSR count). The third-order valence-electron chi connectivity index (χ3n) is 9.44. The number of para-hydroxylation sites is 1. The number of carbonyl (C=O) groups is 2. The summed E-state index contributed by atoms with van der Waals surface area (Å²) in [5, 5.41) is 3.74. The van der Waals surface area contributed by atoms with Crippen molar-refractivity contribution in [2.75, 3.05) is 80.1 Å². The average molecular weight is 791 g/mol. The fourth-order valence-electron chi connectivity index (χ4n) is 6.60. The van der Waals surface area contributed by atoms with Gasteiger partial charge in [0.15, 0.2) is 22.8 Å². The molecular formula is C39H49Cl2N3O10. The van der Waals surface area contributed by atoms with Crippen LogP contribution in [-0.2, 0) is 16.0 Å². The van der Waals surface area contributed by atoms with Crippen LogP contribution >= 0.6 is 24.8 Å². The highest BCUT2D eigenvalue weighted by atomic mass is 35.5. The zero-order chi connectivity index (χ0) is 37.5. The number of carbonyl (C=O) groups excluding carboxylic acids is 2. The lowest BCUT2D eigenvalue weighted by molar-refractivity contribution is -0.117. The maximum atomic E-state index is 13.8. The maximum Gasteiger partial charge on any atom is 0.339 e. The van der Waals surface area contributed by atoms with Crippen LogP contribution in [0.4, 0.5) is 5.69 Å². The molecule has 1 fully saturated rings. The third kappa shape index (κ3) is 9.69. The highest BCUT2D eigenvalue weighted by molar-refractivity contribution is 5.94. The number of amides is 1. The zero-order valence-electron chi connectivity index (χ0n) is 31.9. The van der Waals surface area contributed by atoms with Crippen molar-refractivity contribution in [2.24, 2.45) is 0 Å². The van der Waals surface area contributed by atoms with E-state index >= 15 is 0 Å². The van der Waals surface area contributed by atoms with Crippen LogP contribution in [0.1, 0.15) is 32.6 Å². The predicted molar refractivity (Wildman–Crippen MR) is 211 cm³/mol. The van der Waals surface area contributed by atoms with E-state index in [4.69, 9.17) is 32.8 Å². The fraction of sp³-hybridized carbons (Fsp3) is 0.410. The van der Waals surface area contributed by atoms with Gasteiger partial charge >= 0.3 is 11.6 Å². The van der Waals surface area contributed by atoms with Crippen molar-refractivity contribution in [3.05, 3.63) is 80.7 Å². The largest absolute Gasteiger partial charge is 0.493 e. The SMILES string of the molecule is COc1cc(C(=O)OC(Cc2c(C)c3ccc(OC)c(OC)c3oc2=O)CN2CCN(CC(=O)Nc3c(C)cccc3C)CC2)cc(OC)c1OC.Cl.Cl. The van der Waals surface area contributed by atoms with E-state index in [-0.39, 0.29) is 54.8 Å². The molecule has 1 aliphatic rings. The summed E-state index contributed by atoms with van der Waals surface area (Å²) in [4.78, 5) is 44.5. The predicted octanol–water partition coefficient (Wildman–Crippen LogP) is 5.63. The van der Waals surface area contributed by atoms with E-state index < -0.39 is 17.7 Å². The highest BCUT2D eigenvalue weighted by Gasteiger charge is 2.28. The second kappa shape index (κ2) is 19.6. The van der Waals surface area contributed by atoms with Crippen molar-refractivity contribution >= 4 is 53.3 Å². The van der Waals surface area contributed by atoms with Crippen LogP contribution in [0, 0.1) is 20.8 Å². The molecule has 1 aliphatic heterocycles. The topological polar surface area (TPSA) is 138 Å². The Morgan fingerprint density at radius 1 is 0.778 bits per heavy atom. The minimum Gasteiger partial charge on any atom is -0.493 e. The number of anilines is 1. The summed E-state index contributed by atoms with van der Waals surface area (Å²) in [7, 11) is 7.41. The number of methoxy groups -OCH3 is 5. The Morgan fingerprint density at radius 2 is 1.35 bits per heavy atom. The lowest BCUT2D eigenvalue weighted by atomic mass is 10.00. The number of halogens is 2. The van der Waals surface area contributed by atoms with E-state index in [1.165, 1.54) is 47.7 Å². The second-order valence-electron chi connectivity index (χ2n) is 12.7. The number of nitrogens with one attached hydrogen (secondary N) is 1. The lowest BCUT2D eigenvalue weighted by Crippen LogP contribution is -2.51. The van der Waals surface area contributed by atoms with Gasteiger partial charge < -0.3 is 38.2 Å². The Kier molecular flexibility index (Phi) is 15.9. The molecule has 13 nitrogen and oxygen atoms in total. The van der Waals surface area contributed by atoms with Crippen molar-refractivity contribution in [1.82, 2.24) is 9.80 Å². The van der Waals surface area contributed by atoms with E-state index in [0.29, 0.717) is 78.0 Å². The average Bonchev–Trinajstić information content (AvgIpc) is 3.14. The van der Waals surface area contributed by atoms with E-state index in [9.17, 15) is 14.4 Å². The molecule has 15 heteroatoms. The van der Waals surface area contributed by atoms with Crippen LogP contribution in [0.3, 0.4) is 0 Å². The minimum atomic E-state index is -0.746. The van der Waals surface area contributed by atoms with Crippen molar-refractivity contribution in [1.29, 1.82) is 0 Å². The molecule has 294 valence electrons. The molecule has 0 spiro atoms. The van der Waals surface area contributed by atoms with Gasteiger partial charge in [-0.1, -0.05) is 18.2 Å². The van der Waals surface area contributed by atoms with E-state index in [1.807, 2.05) is 45.0 Å². The van der Waals surface area contributed by atoms with Crippen molar-refractivity contribution < 1.29 is 42.4 Å². The number of hydrogen-bond acceptors (Lipinski definition) is 12. The Balaban J connectivity index is 0.00000392. The molecule has 1 unspecified atom stereocenters. The van der Waals surface area contributed by atoms with Gasteiger partial charge in [0.1, 0.15) is 6.10 Å². The first-order chi connectivity index (χ1) is 25.0. The normalized spacial score (nSPS) is 13.6. The van der Waals surface area contributed by atoms with Crippen molar-refractivity contribution in [2.45, 2.75) is 33.3 Å². The third-order valence-corrected chi connectivity index (χ3v) is 9.44. The second-order valence-corrected chi connectivity index (χ2v) is 12.7. The number of aryl methyl sites for hydroxylation is 3. The number of hydrogen-bond donors (Lipinski definition) is 1. The van der Waals surface area contributed by atoms with Crippen LogP contribution in [0.5, 0.6) is 28.7 Å². The first kappa shape index (κ1) is 43.7. The van der Waals surface area contributed by atoms with Gasteiger partial charge in [-0.25, -0.2) is 9.59 Å². The summed E-state index contributed by atoms with van der Waals surface area (Å²) < 4.78 is 39.2. The summed E-state index contributed by atoms with van der Waals surface area (Å²) in [5.74, 6) is 1.00. The standard InChI is InChI=1S/C39H47N3O10.2ClH/c1-23-10-9-11-24(2)34(23)40-33(43)22-42-16-14-41(15-17-42)21-27(51-38(44)26-18-31(47-5)36(49-7)32(19-26)48-6)20-29-25(3)28-12-13-30(46-4)37(50-8)35(28)52-39(29)45;;/h9-13,18-19,27H,14-17,20-22H2,1-8H3,(H,40,43);2*1H. The number of benzene rings is 3. The van der Waals surface area contributed by atoms with Gasteiger partial charge in [0, 0.05) is 55.8 Å². The number of esters is 1. The Labute approximate surface area is 327 Å². The molecule has 1 amide bonds. The van der Waals surface area contributed by atoms with Gasteiger partial charge in [-0.3, -0.25) is 14.6 Å². The first-order valence-electron chi connectivity index (χ1n) is 17.0.